The van der Waals surface area contributed by atoms with Gasteiger partial charge in [-0.2, -0.15) is 0 Å². The number of amides is 1. The van der Waals surface area contributed by atoms with Crippen molar-refractivity contribution in [3.8, 4) is 5.75 Å². The van der Waals surface area contributed by atoms with Crippen LogP contribution in [0.4, 0.5) is 0 Å². The molecule has 0 aliphatic carbocycles. The van der Waals surface area contributed by atoms with Gasteiger partial charge in [0, 0.05) is 16.9 Å². The molecule has 1 aromatic rings. The average molecular weight is 331 g/mol. The molecule has 4 nitrogen and oxygen atoms in total. The number of nitrogens with two attached hydrogens (primary N) is 1. The predicted molar refractivity (Wildman–Crippen MR) is 78.8 cm³/mol. The average Bonchev–Trinajstić information content (AvgIpc) is 2.30. The van der Waals surface area contributed by atoms with Gasteiger partial charge in [-0.15, -0.1) is 0 Å². The largest absolute Gasteiger partial charge is 0.507 e. The summed E-state index contributed by atoms with van der Waals surface area (Å²) in [4.78, 5) is 12.4. The third kappa shape index (κ3) is 4.27. The van der Waals surface area contributed by atoms with Crippen LogP contribution in [0.2, 0.25) is 0 Å². The summed E-state index contributed by atoms with van der Waals surface area (Å²) in [5.41, 5.74) is 5.69. The lowest BCUT2D eigenvalue weighted by Crippen LogP contribution is -2.37. The molecule has 0 aliphatic rings. The topological polar surface area (TPSA) is 75.3 Å². The molecule has 0 radical (unpaired) electrons. The van der Waals surface area contributed by atoms with Crippen molar-refractivity contribution in [2.45, 2.75) is 25.8 Å². The van der Waals surface area contributed by atoms with E-state index in [4.69, 9.17) is 18.0 Å². The first-order valence-corrected chi connectivity index (χ1v) is 6.71. The van der Waals surface area contributed by atoms with E-state index in [0.717, 1.165) is 10.9 Å². The van der Waals surface area contributed by atoms with E-state index in [1.54, 1.807) is 12.1 Å². The van der Waals surface area contributed by atoms with Crippen molar-refractivity contribution in [2.75, 3.05) is 0 Å². The molecule has 0 aromatic heterocycles. The van der Waals surface area contributed by atoms with E-state index < -0.39 is 0 Å². The summed E-state index contributed by atoms with van der Waals surface area (Å²) in [7, 11) is 0. The maximum atomic E-state index is 12.0. The first-order chi connectivity index (χ1) is 8.43. The fourth-order valence-corrected chi connectivity index (χ4v) is 2.06. The SMILES string of the molecule is CCC(CC(N)=S)NC(=O)c1cc(Br)ccc1O. The minimum absolute atomic E-state index is 0.0547. The van der Waals surface area contributed by atoms with Gasteiger partial charge >= 0.3 is 0 Å². The molecule has 1 atom stereocenters. The quantitative estimate of drug-likeness (QED) is 0.724. The number of halogens is 1. The van der Waals surface area contributed by atoms with Crippen LogP contribution in [0.25, 0.3) is 0 Å². The van der Waals surface area contributed by atoms with Gasteiger partial charge in [-0.1, -0.05) is 35.1 Å². The lowest BCUT2D eigenvalue weighted by Gasteiger charge is -2.16. The van der Waals surface area contributed by atoms with Crippen LogP contribution in [-0.2, 0) is 0 Å². The number of carbonyl (C=O) groups excluding carboxylic acids is 1. The highest BCUT2D eigenvalue weighted by Crippen LogP contribution is 2.21. The first kappa shape index (κ1) is 14.9. The lowest BCUT2D eigenvalue weighted by molar-refractivity contribution is 0.0934. The normalized spacial score (nSPS) is 11.9. The van der Waals surface area contributed by atoms with Crippen LogP contribution in [0.1, 0.15) is 30.1 Å². The van der Waals surface area contributed by atoms with Crippen molar-refractivity contribution in [2.24, 2.45) is 5.73 Å². The number of hydrogen-bond acceptors (Lipinski definition) is 3. The number of carbonyl (C=O) groups is 1. The fourth-order valence-electron chi connectivity index (χ4n) is 1.49. The Morgan fingerprint density at radius 3 is 2.83 bits per heavy atom. The third-order valence-electron chi connectivity index (χ3n) is 2.48. The van der Waals surface area contributed by atoms with Gasteiger partial charge in [0.25, 0.3) is 5.91 Å². The van der Waals surface area contributed by atoms with E-state index in [0.29, 0.717) is 11.4 Å². The second-order valence-electron chi connectivity index (χ2n) is 3.91. The highest BCUT2D eigenvalue weighted by molar-refractivity contribution is 9.10. The van der Waals surface area contributed by atoms with Crippen molar-refractivity contribution in [1.82, 2.24) is 5.32 Å². The van der Waals surface area contributed by atoms with Crippen LogP contribution in [0, 0.1) is 0 Å². The molecule has 98 valence electrons. The summed E-state index contributed by atoms with van der Waals surface area (Å²) in [6.45, 7) is 1.93. The number of thiocarbonyl (C=S) groups is 1. The molecule has 1 rings (SSSR count). The Balaban J connectivity index is 2.80. The molecular formula is C12H15BrN2O2S. The van der Waals surface area contributed by atoms with Gasteiger partial charge in [0.2, 0.25) is 0 Å². The van der Waals surface area contributed by atoms with Gasteiger partial charge in [0.05, 0.1) is 10.6 Å². The Hall–Kier alpha value is -1.14. The molecule has 0 saturated heterocycles. The summed E-state index contributed by atoms with van der Waals surface area (Å²) < 4.78 is 0.729. The third-order valence-corrected chi connectivity index (χ3v) is 3.14. The fraction of sp³-hybridized carbons (Fsp3) is 0.333. The summed E-state index contributed by atoms with van der Waals surface area (Å²) in [6, 6.07) is 4.58. The Morgan fingerprint density at radius 1 is 1.61 bits per heavy atom. The summed E-state index contributed by atoms with van der Waals surface area (Å²) in [5, 5.41) is 12.4. The number of phenolic OH excluding ortho intramolecular Hbond substituents is 1. The minimum Gasteiger partial charge on any atom is -0.507 e. The maximum absolute atomic E-state index is 12.0. The van der Waals surface area contributed by atoms with Gasteiger partial charge in [0.15, 0.2) is 0 Å². The molecule has 0 aliphatic heterocycles. The zero-order valence-electron chi connectivity index (χ0n) is 9.94. The van der Waals surface area contributed by atoms with E-state index in [-0.39, 0.29) is 23.3 Å². The minimum atomic E-state index is -0.336. The molecule has 0 saturated carbocycles. The lowest BCUT2D eigenvalue weighted by atomic mass is 10.1. The summed E-state index contributed by atoms with van der Waals surface area (Å²) in [6.07, 6.45) is 1.17. The number of hydrogen-bond donors (Lipinski definition) is 3. The number of phenols is 1. The standard InChI is InChI=1S/C12H15BrN2O2S/c1-2-8(6-11(14)18)15-12(17)9-5-7(13)3-4-10(9)16/h3-5,8,16H,2,6H2,1H3,(H2,14,18)(H,15,17). The van der Waals surface area contributed by atoms with E-state index in [9.17, 15) is 9.90 Å². The highest BCUT2D eigenvalue weighted by atomic mass is 79.9. The van der Waals surface area contributed by atoms with Crippen molar-refractivity contribution in [1.29, 1.82) is 0 Å². The van der Waals surface area contributed by atoms with E-state index in [2.05, 4.69) is 21.2 Å². The molecule has 4 N–H and O–H groups in total. The van der Waals surface area contributed by atoms with Gasteiger partial charge in [0.1, 0.15) is 5.75 Å². The molecule has 18 heavy (non-hydrogen) atoms. The van der Waals surface area contributed by atoms with Crippen LogP contribution < -0.4 is 11.1 Å². The number of benzene rings is 1. The summed E-state index contributed by atoms with van der Waals surface area (Å²) in [5.74, 6) is -0.391. The molecule has 0 bridgehead atoms. The van der Waals surface area contributed by atoms with Crippen LogP contribution in [0.5, 0.6) is 5.75 Å². The van der Waals surface area contributed by atoms with E-state index in [1.165, 1.54) is 6.07 Å². The molecule has 0 spiro atoms. The Bertz CT molecular complexity index is 465. The summed E-state index contributed by atoms with van der Waals surface area (Å²) >= 11 is 8.08. The predicted octanol–water partition coefficient (Wildman–Crippen LogP) is 2.34. The number of rotatable bonds is 5. The van der Waals surface area contributed by atoms with Gasteiger partial charge < -0.3 is 16.2 Å². The molecule has 1 amide bonds. The highest BCUT2D eigenvalue weighted by Gasteiger charge is 2.16. The van der Waals surface area contributed by atoms with Crippen LogP contribution in [0.3, 0.4) is 0 Å². The van der Waals surface area contributed by atoms with Gasteiger partial charge in [-0.25, -0.2) is 0 Å². The van der Waals surface area contributed by atoms with Gasteiger partial charge in [-0.05, 0) is 24.6 Å². The second kappa shape index (κ2) is 6.70. The Morgan fingerprint density at radius 2 is 2.28 bits per heavy atom. The smallest absolute Gasteiger partial charge is 0.255 e. The zero-order valence-corrected chi connectivity index (χ0v) is 12.3. The van der Waals surface area contributed by atoms with E-state index >= 15 is 0 Å². The number of nitrogens with one attached hydrogen (secondary N) is 1. The second-order valence-corrected chi connectivity index (χ2v) is 5.35. The van der Waals surface area contributed by atoms with E-state index in [1.807, 2.05) is 6.92 Å². The maximum Gasteiger partial charge on any atom is 0.255 e. The van der Waals surface area contributed by atoms with Crippen LogP contribution in [0.15, 0.2) is 22.7 Å². The Kier molecular flexibility index (Phi) is 5.55. The molecule has 0 heterocycles. The van der Waals surface area contributed by atoms with Crippen molar-refractivity contribution in [3.63, 3.8) is 0 Å². The monoisotopic (exact) mass is 330 g/mol. The van der Waals surface area contributed by atoms with Crippen molar-refractivity contribution in [3.05, 3.63) is 28.2 Å². The van der Waals surface area contributed by atoms with Crippen molar-refractivity contribution < 1.29 is 9.90 Å². The molecule has 1 aromatic carbocycles. The first-order valence-electron chi connectivity index (χ1n) is 5.51. The zero-order chi connectivity index (χ0) is 13.7. The van der Waals surface area contributed by atoms with Crippen LogP contribution in [-0.4, -0.2) is 22.0 Å². The van der Waals surface area contributed by atoms with Crippen molar-refractivity contribution >= 4 is 39.0 Å². The van der Waals surface area contributed by atoms with Gasteiger partial charge in [-0.3, -0.25) is 4.79 Å². The molecule has 6 heteroatoms. The molecule has 0 fully saturated rings. The number of aromatic hydroxyl groups is 1. The molecule has 1 unspecified atom stereocenters. The van der Waals surface area contributed by atoms with Crippen LogP contribution >= 0.6 is 28.1 Å². The Labute approximate surface area is 120 Å². The molecular weight excluding hydrogens is 316 g/mol.